The fraction of sp³-hybridized carbons (Fsp3) is 0.652. The Morgan fingerprint density at radius 1 is 1.00 bits per heavy atom. The molecule has 0 aromatic heterocycles. The summed E-state index contributed by atoms with van der Waals surface area (Å²) in [5.74, 6) is 0.848. The largest absolute Gasteiger partial charge is 0.493 e. The lowest BCUT2D eigenvalue weighted by Gasteiger charge is -2.34. The highest BCUT2D eigenvalue weighted by atomic mass is 16.5. The van der Waals surface area contributed by atoms with Crippen LogP contribution in [0.1, 0.15) is 62.5 Å². The van der Waals surface area contributed by atoms with Gasteiger partial charge in [0.25, 0.3) is 0 Å². The van der Waals surface area contributed by atoms with Gasteiger partial charge < -0.3 is 20.3 Å². The Morgan fingerprint density at radius 2 is 1.69 bits per heavy atom. The summed E-state index contributed by atoms with van der Waals surface area (Å²) in [5, 5.41) is 6.27. The molecule has 1 aliphatic carbocycles. The van der Waals surface area contributed by atoms with E-state index in [0.717, 1.165) is 37.0 Å². The highest BCUT2D eigenvalue weighted by molar-refractivity contribution is 5.77. The van der Waals surface area contributed by atoms with E-state index in [1.54, 1.807) is 0 Å². The zero-order chi connectivity index (χ0) is 20.6. The van der Waals surface area contributed by atoms with Gasteiger partial charge in [-0.3, -0.25) is 4.79 Å². The van der Waals surface area contributed by atoms with E-state index in [1.165, 1.54) is 24.8 Å². The molecule has 1 aromatic carbocycles. The molecule has 3 rings (SSSR count). The molecule has 2 fully saturated rings. The minimum absolute atomic E-state index is 0.0138. The van der Waals surface area contributed by atoms with Crippen molar-refractivity contribution in [3.8, 4) is 5.75 Å². The fourth-order valence-corrected chi connectivity index (χ4v) is 4.25. The van der Waals surface area contributed by atoms with Crippen molar-refractivity contribution >= 4 is 11.9 Å². The van der Waals surface area contributed by atoms with Crippen molar-refractivity contribution < 1.29 is 14.3 Å². The Kier molecular flexibility index (Phi) is 7.78. The van der Waals surface area contributed by atoms with Gasteiger partial charge in [0.15, 0.2) is 0 Å². The molecule has 6 heteroatoms. The van der Waals surface area contributed by atoms with E-state index in [9.17, 15) is 9.59 Å². The lowest BCUT2D eigenvalue weighted by Crippen LogP contribution is -2.51. The Hall–Kier alpha value is -2.24. The first-order valence-corrected chi connectivity index (χ1v) is 11.1. The predicted octanol–water partition coefficient (Wildman–Crippen LogP) is 3.70. The van der Waals surface area contributed by atoms with Crippen LogP contribution in [-0.4, -0.2) is 48.6 Å². The highest BCUT2D eigenvalue weighted by Gasteiger charge is 2.25. The molecule has 2 aliphatic rings. The number of ether oxygens (including phenoxy) is 1. The molecule has 0 spiro atoms. The van der Waals surface area contributed by atoms with E-state index >= 15 is 0 Å². The maximum atomic E-state index is 12.4. The van der Waals surface area contributed by atoms with E-state index < -0.39 is 0 Å². The summed E-state index contributed by atoms with van der Waals surface area (Å²) < 4.78 is 5.75. The maximum absolute atomic E-state index is 12.4. The minimum atomic E-state index is 0.0138. The number of hydrogen-bond donors (Lipinski definition) is 2. The second kappa shape index (κ2) is 10.5. The van der Waals surface area contributed by atoms with Gasteiger partial charge >= 0.3 is 6.03 Å². The number of rotatable bonds is 6. The summed E-state index contributed by atoms with van der Waals surface area (Å²) in [6.07, 6.45) is 7.87. The lowest BCUT2D eigenvalue weighted by atomic mass is 9.95. The Balaban J connectivity index is 1.32. The summed E-state index contributed by atoms with van der Waals surface area (Å²) in [5.41, 5.74) is 2.29. The van der Waals surface area contributed by atoms with Crippen LogP contribution in [0.3, 0.4) is 0 Å². The molecule has 0 bridgehead atoms. The number of carbonyl (C=O) groups is 2. The minimum Gasteiger partial charge on any atom is -0.493 e. The van der Waals surface area contributed by atoms with Crippen molar-refractivity contribution in [2.24, 2.45) is 0 Å². The van der Waals surface area contributed by atoms with Crippen molar-refractivity contribution in [1.82, 2.24) is 15.5 Å². The normalized spacial score (nSPS) is 18.3. The summed E-state index contributed by atoms with van der Waals surface area (Å²) in [6, 6.07) is 6.59. The quantitative estimate of drug-likeness (QED) is 0.764. The maximum Gasteiger partial charge on any atom is 0.317 e. The van der Waals surface area contributed by atoms with Gasteiger partial charge in [0.1, 0.15) is 5.75 Å². The van der Waals surface area contributed by atoms with Crippen LogP contribution in [0.15, 0.2) is 18.2 Å². The van der Waals surface area contributed by atoms with Crippen LogP contribution in [0.25, 0.3) is 0 Å². The Morgan fingerprint density at radius 3 is 2.38 bits per heavy atom. The number of urea groups is 1. The first-order valence-electron chi connectivity index (χ1n) is 11.1. The third-order valence-electron chi connectivity index (χ3n) is 6.00. The number of benzene rings is 1. The number of likely N-dealkylation sites (tertiary alicyclic amines) is 1. The van der Waals surface area contributed by atoms with Gasteiger partial charge in [-0.2, -0.15) is 0 Å². The van der Waals surface area contributed by atoms with Crippen molar-refractivity contribution in [2.45, 2.75) is 77.3 Å². The standard InChI is InChI=1S/C23H35N3O3/c1-17-8-9-21(18(2)16-17)29-15-12-22(27)24-20-10-13-26(14-11-20)23(28)25-19-6-4-3-5-7-19/h8-9,16,19-20H,3-7,10-15H2,1-2H3,(H,24,27)(H,25,28). The summed E-state index contributed by atoms with van der Waals surface area (Å²) in [7, 11) is 0. The molecule has 3 amide bonds. The third-order valence-corrected chi connectivity index (χ3v) is 6.00. The monoisotopic (exact) mass is 401 g/mol. The van der Waals surface area contributed by atoms with E-state index in [2.05, 4.69) is 23.6 Å². The number of carbonyl (C=O) groups excluding carboxylic acids is 2. The van der Waals surface area contributed by atoms with Crippen LogP contribution in [0.4, 0.5) is 4.79 Å². The second-order valence-electron chi connectivity index (χ2n) is 8.48. The average molecular weight is 402 g/mol. The van der Waals surface area contributed by atoms with E-state index in [-0.39, 0.29) is 18.0 Å². The lowest BCUT2D eigenvalue weighted by molar-refractivity contribution is -0.122. The molecule has 1 aromatic rings. The SMILES string of the molecule is Cc1ccc(OCCC(=O)NC2CCN(C(=O)NC3CCCCC3)CC2)c(C)c1. The Labute approximate surface area is 174 Å². The molecule has 29 heavy (non-hydrogen) atoms. The molecule has 6 nitrogen and oxygen atoms in total. The molecule has 0 unspecified atom stereocenters. The number of aryl methyl sites for hydroxylation is 2. The molecular weight excluding hydrogens is 366 g/mol. The van der Waals surface area contributed by atoms with Crippen molar-refractivity contribution in [2.75, 3.05) is 19.7 Å². The first-order chi connectivity index (χ1) is 14.0. The smallest absolute Gasteiger partial charge is 0.317 e. The van der Waals surface area contributed by atoms with Crippen molar-refractivity contribution in [3.63, 3.8) is 0 Å². The summed E-state index contributed by atoms with van der Waals surface area (Å²) in [6.45, 7) is 5.83. The van der Waals surface area contributed by atoms with Gasteiger partial charge in [0.05, 0.1) is 13.0 Å². The molecule has 1 saturated carbocycles. The van der Waals surface area contributed by atoms with E-state index in [0.29, 0.717) is 32.2 Å². The van der Waals surface area contributed by atoms with Gasteiger partial charge in [-0.1, -0.05) is 37.0 Å². The van der Waals surface area contributed by atoms with Crippen molar-refractivity contribution in [3.05, 3.63) is 29.3 Å². The van der Waals surface area contributed by atoms with Crippen LogP contribution in [0, 0.1) is 13.8 Å². The topological polar surface area (TPSA) is 70.7 Å². The second-order valence-corrected chi connectivity index (χ2v) is 8.48. The number of nitrogens with zero attached hydrogens (tertiary/aromatic N) is 1. The average Bonchev–Trinajstić information content (AvgIpc) is 2.71. The molecule has 1 heterocycles. The predicted molar refractivity (Wildman–Crippen MR) is 114 cm³/mol. The summed E-state index contributed by atoms with van der Waals surface area (Å²) >= 11 is 0. The van der Waals surface area contributed by atoms with E-state index in [4.69, 9.17) is 4.74 Å². The molecule has 160 valence electrons. The van der Waals surface area contributed by atoms with Gasteiger partial charge in [-0.25, -0.2) is 4.79 Å². The molecule has 1 aliphatic heterocycles. The van der Waals surface area contributed by atoms with Crippen LogP contribution in [0.2, 0.25) is 0 Å². The summed E-state index contributed by atoms with van der Waals surface area (Å²) in [4.78, 5) is 26.6. The molecule has 0 atom stereocenters. The van der Waals surface area contributed by atoms with Crippen LogP contribution >= 0.6 is 0 Å². The highest BCUT2D eigenvalue weighted by Crippen LogP contribution is 2.20. The van der Waals surface area contributed by atoms with Crippen LogP contribution in [0.5, 0.6) is 5.75 Å². The molecular formula is C23H35N3O3. The molecule has 0 radical (unpaired) electrons. The molecule has 2 N–H and O–H groups in total. The zero-order valence-corrected chi connectivity index (χ0v) is 17.8. The number of piperidine rings is 1. The van der Waals surface area contributed by atoms with Gasteiger partial charge in [-0.05, 0) is 51.2 Å². The zero-order valence-electron chi connectivity index (χ0n) is 17.8. The molecule has 1 saturated heterocycles. The fourth-order valence-electron chi connectivity index (χ4n) is 4.25. The first kappa shape index (κ1) is 21.5. The number of nitrogens with one attached hydrogen (secondary N) is 2. The number of amides is 3. The van der Waals surface area contributed by atoms with Crippen molar-refractivity contribution in [1.29, 1.82) is 0 Å². The third kappa shape index (κ3) is 6.65. The van der Waals surface area contributed by atoms with E-state index in [1.807, 2.05) is 24.0 Å². The van der Waals surface area contributed by atoms with Gasteiger partial charge in [0, 0.05) is 25.2 Å². The van der Waals surface area contributed by atoms with Crippen LogP contribution in [-0.2, 0) is 4.79 Å². The van der Waals surface area contributed by atoms with Gasteiger partial charge in [-0.15, -0.1) is 0 Å². The van der Waals surface area contributed by atoms with Gasteiger partial charge in [0.2, 0.25) is 5.91 Å². The van der Waals surface area contributed by atoms with Crippen LogP contribution < -0.4 is 15.4 Å². The number of hydrogen-bond acceptors (Lipinski definition) is 3. The Bertz CT molecular complexity index is 693.